The number of aromatic nitrogens is 5. The van der Waals surface area contributed by atoms with Crippen LogP contribution < -0.4 is 5.73 Å². The number of hydrogen-bond donors (Lipinski definition) is 1. The molecule has 23 heavy (non-hydrogen) atoms. The van der Waals surface area contributed by atoms with Gasteiger partial charge in [-0.1, -0.05) is 6.07 Å². The highest BCUT2D eigenvalue weighted by atomic mass is 19.1. The molecule has 4 rings (SSSR count). The van der Waals surface area contributed by atoms with Crippen molar-refractivity contribution in [2.75, 3.05) is 5.73 Å². The molecule has 4 aromatic rings. The number of pyridine rings is 1. The maximum atomic E-state index is 14.0. The molecule has 0 saturated carbocycles. The predicted molar refractivity (Wildman–Crippen MR) is 83.8 cm³/mol. The molecule has 112 valence electrons. The molecule has 0 aliphatic carbocycles. The zero-order valence-corrected chi connectivity index (χ0v) is 11.9. The summed E-state index contributed by atoms with van der Waals surface area (Å²) in [5.41, 5.74) is 7.96. The summed E-state index contributed by atoms with van der Waals surface area (Å²) >= 11 is 0. The van der Waals surface area contributed by atoms with Crippen LogP contribution in [0, 0.1) is 5.82 Å². The Morgan fingerprint density at radius 1 is 1.09 bits per heavy atom. The number of benzene rings is 1. The van der Waals surface area contributed by atoms with Crippen LogP contribution in [0.4, 0.5) is 10.1 Å². The highest BCUT2D eigenvalue weighted by Gasteiger charge is 2.13. The molecule has 0 spiro atoms. The summed E-state index contributed by atoms with van der Waals surface area (Å²) in [5, 5.41) is 4.29. The molecule has 3 heterocycles. The summed E-state index contributed by atoms with van der Waals surface area (Å²) in [4.78, 5) is 12.8. The van der Waals surface area contributed by atoms with Gasteiger partial charge in [-0.05, 0) is 30.3 Å². The molecule has 7 heteroatoms. The average molecular weight is 306 g/mol. The second-order valence-corrected chi connectivity index (χ2v) is 4.98. The minimum Gasteiger partial charge on any atom is -0.399 e. The van der Waals surface area contributed by atoms with Gasteiger partial charge >= 0.3 is 0 Å². The van der Waals surface area contributed by atoms with Crippen LogP contribution in [0.15, 0.2) is 55.0 Å². The molecule has 0 fully saturated rings. The highest BCUT2D eigenvalue weighted by Crippen LogP contribution is 2.23. The van der Waals surface area contributed by atoms with Crippen LogP contribution in [0.3, 0.4) is 0 Å². The Bertz CT molecular complexity index is 996. The monoisotopic (exact) mass is 306 g/mol. The number of rotatable bonds is 2. The number of nitrogens with zero attached hydrogens (tertiary/aromatic N) is 5. The van der Waals surface area contributed by atoms with E-state index in [9.17, 15) is 4.39 Å². The molecule has 0 bridgehead atoms. The lowest BCUT2D eigenvalue weighted by Crippen LogP contribution is -1.93. The summed E-state index contributed by atoms with van der Waals surface area (Å²) in [5.74, 6) is 0.182. The number of nitrogens with two attached hydrogens (primary N) is 1. The zero-order chi connectivity index (χ0) is 15.8. The Morgan fingerprint density at radius 2 is 2.00 bits per heavy atom. The molecule has 2 N–H and O–H groups in total. The predicted octanol–water partition coefficient (Wildman–Crippen LogP) is 2.57. The number of halogens is 1. The molecule has 1 aromatic carbocycles. The van der Waals surface area contributed by atoms with Crippen molar-refractivity contribution >= 4 is 11.5 Å². The molecular weight excluding hydrogens is 295 g/mol. The Balaban J connectivity index is 1.84. The largest absolute Gasteiger partial charge is 0.399 e. The molecule has 0 aliphatic heterocycles. The van der Waals surface area contributed by atoms with Crippen LogP contribution in [0.2, 0.25) is 0 Å². The average Bonchev–Trinajstić information content (AvgIpc) is 3.00. The first-order valence-corrected chi connectivity index (χ1v) is 6.90. The third-order valence-corrected chi connectivity index (χ3v) is 3.39. The lowest BCUT2D eigenvalue weighted by molar-refractivity contribution is 0.630. The van der Waals surface area contributed by atoms with Crippen LogP contribution >= 0.6 is 0 Å². The molecule has 3 aromatic heterocycles. The maximum Gasteiger partial charge on any atom is 0.252 e. The van der Waals surface area contributed by atoms with Crippen molar-refractivity contribution in [1.29, 1.82) is 0 Å². The second kappa shape index (κ2) is 5.13. The summed E-state index contributed by atoms with van der Waals surface area (Å²) in [6, 6.07) is 9.89. The van der Waals surface area contributed by atoms with Gasteiger partial charge in [-0.3, -0.25) is 4.98 Å². The van der Waals surface area contributed by atoms with Crippen molar-refractivity contribution < 1.29 is 4.39 Å². The van der Waals surface area contributed by atoms with E-state index >= 15 is 0 Å². The fourth-order valence-electron chi connectivity index (χ4n) is 2.28. The number of fused-ring (bicyclic) bond motifs is 1. The first-order chi connectivity index (χ1) is 11.2. The Hall–Kier alpha value is -3.35. The molecule has 0 unspecified atom stereocenters. The van der Waals surface area contributed by atoms with Gasteiger partial charge in [0, 0.05) is 29.8 Å². The highest BCUT2D eigenvalue weighted by molar-refractivity contribution is 5.64. The van der Waals surface area contributed by atoms with Crippen molar-refractivity contribution in [3.63, 3.8) is 0 Å². The fourth-order valence-corrected chi connectivity index (χ4v) is 2.28. The molecule has 0 atom stereocenters. The third kappa shape index (κ3) is 2.38. The minimum absolute atomic E-state index is 0.237. The zero-order valence-electron chi connectivity index (χ0n) is 11.9. The molecular formula is C16H11FN6. The van der Waals surface area contributed by atoms with Crippen LogP contribution in [0.25, 0.3) is 28.4 Å². The van der Waals surface area contributed by atoms with E-state index in [1.54, 1.807) is 18.6 Å². The van der Waals surface area contributed by atoms with Gasteiger partial charge in [0.05, 0.1) is 11.3 Å². The number of nitrogen functional groups attached to an aromatic ring is 1. The Morgan fingerprint density at radius 3 is 2.83 bits per heavy atom. The lowest BCUT2D eigenvalue weighted by atomic mass is 10.2. The molecule has 0 radical (unpaired) electrons. The lowest BCUT2D eigenvalue weighted by Gasteiger charge is -1.99. The van der Waals surface area contributed by atoms with Gasteiger partial charge in [-0.15, -0.1) is 5.10 Å². The summed E-state index contributed by atoms with van der Waals surface area (Å²) in [7, 11) is 0. The summed E-state index contributed by atoms with van der Waals surface area (Å²) in [6.07, 6.45) is 5.12. The van der Waals surface area contributed by atoms with Gasteiger partial charge < -0.3 is 5.73 Å². The van der Waals surface area contributed by atoms with E-state index in [-0.39, 0.29) is 11.4 Å². The van der Waals surface area contributed by atoms with Gasteiger partial charge in [0.25, 0.3) is 5.78 Å². The fraction of sp³-hybridized carbons (Fsp3) is 0. The maximum absolute atomic E-state index is 14.0. The van der Waals surface area contributed by atoms with Gasteiger partial charge in [-0.25, -0.2) is 13.9 Å². The van der Waals surface area contributed by atoms with Crippen molar-refractivity contribution in [3.8, 4) is 22.6 Å². The normalized spacial score (nSPS) is 11.0. The number of anilines is 1. The van der Waals surface area contributed by atoms with E-state index in [0.717, 1.165) is 11.3 Å². The van der Waals surface area contributed by atoms with Crippen LogP contribution in [-0.4, -0.2) is 24.6 Å². The van der Waals surface area contributed by atoms with E-state index < -0.39 is 5.82 Å². The summed E-state index contributed by atoms with van der Waals surface area (Å²) < 4.78 is 15.5. The standard InChI is InChI=1S/C16H11FN6/c17-13-5-4-11(18)7-12(13)15-21-16-20-8-10(9-23(16)22-15)14-3-1-2-6-19-14/h1-9H,18H2. The molecule has 0 saturated heterocycles. The van der Waals surface area contributed by atoms with E-state index in [0.29, 0.717) is 11.5 Å². The van der Waals surface area contributed by atoms with E-state index in [4.69, 9.17) is 5.73 Å². The minimum atomic E-state index is -0.431. The molecule has 0 amide bonds. The first kappa shape index (κ1) is 13.3. The second-order valence-electron chi connectivity index (χ2n) is 4.98. The number of hydrogen-bond acceptors (Lipinski definition) is 5. The first-order valence-electron chi connectivity index (χ1n) is 6.90. The summed E-state index contributed by atoms with van der Waals surface area (Å²) in [6.45, 7) is 0. The van der Waals surface area contributed by atoms with Crippen molar-refractivity contribution in [1.82, 2.24) is 24.6 Å². The van der Waals surface area contributed by atoms with Crippen molar-refractivity contribution in [3.05, 3.63) is 60.8 Å². The van der Waals surface area contributed by atoms with Crippen molar-refractivity contribution in [2.45, 2.75) is 0 Å². The van der Waals surface area contributed by atoms with Crippen LogP contribution in [-0.2, 0) is 0 Å². The van der Waals surface area contributed by atoms with Gasteiger partial charge in [0.15, 0.2) is 5.82 Å². The van der Waals surface area contributed by atoms with Crippen LogP contribution in [0.1, 0.15) is 0 Å². The molecule has 0 aliphatic rings. The van der Waals surface area contributed by atoms with E-state index in [1.165, 1.54) is 22.7 Å². The van der Waals surface area contributed by atoms with E-state index in [1.807, 2.05) is 18.2 Å². The van der Waals surface area contributed by atoms with Gasteiger partial charge in [0.2, 0.25) is 0 Å². The smallest absolute Gasteiger partial charge is 0.252 e. The Labute approximate surface area is 130 Å². The SMILES string of the molecule is Nc1ccc(F)c(-c2nc3ncc(-c4ccccn4)cn3n2)c1. The third-order valence-electron chi connectivity index (χ3n) is 3.39. The topological polar surface area (TPSA) is 82.0 Å². The molecule has 6 nitrogen and oxygen atoms in total. The van der Waals surface area contributed by atoms with E-state index in [2.05, 4.69) is 20.1 Å². The van der Waals surface area contributed by atoms with Gasteiger partial charge in [0.1, 0.15) is 5.82 Å². The Kier molecular flexibility index (Phi) is 2.97. The quantitative estimate of drug-likeness (QED) is 0.576. The van der Waals surface area contributed by atoms with Crippen molar-refractivity contribution in [2.24, 2.45) is 0 Å². The van der Waals surface area contributed by atoms with Gasteiger partial charge in [-0.2, -0.15) is 4.98 Å². The van der Waals surface area contributed by atoms with Crippen LogP contribution in [0.5, 0.6) is 0 Å².